The maximum atomic E-state index is 12.6. The van der Waals surface area contributed by atoms with E-state index in [2.05, 4.69) is 17.2 Å². The first kappa shape index (κ1) is 18.0. The lowest BCUT2D eigenvalue weighted by Gasteiger charge is -2.17. The van der Waals surface area contributed by atoms with Gasteiger partial charge in [-0.2, -0.15) is 0 Å². The van der Waals surface area contributed by atoms with Crippen LogP contribution in [0.15, 0.2) is 65.0 Å². The number of aryl methyl sites for hydroxylation is 1. The van der Waals surface area contributed by atoms with Gasteiger partial charge in [-0.05, 0) is 37.7 Å². The Morgan fingerprint density at radius 1 is 1.12 bits per heavy atom. The van der Waals surface area contributed by atoms with Gasteiger partial charge >= 0.3 is 0 Å². The summed E-state index contributed by atoms with van der Waals surface area (Å²) >= 11 is 0. The van der Waals surface area contributed by atoms with Gasteiger partial charge in [0.2, 0.25) is 9.84 Å². The van der Waals surface area contributed by atoms with Gasteiger partial charge in [-0.15, -0.1) is 0 Å². The fourth-order valence-electron chi connectivity index (χ4n) is 2.13. The quantitative estimate of drug-likeness (QED) is 0.719. The molecule has 0 heterocycles. The molecular formula is C18H22N2O3S. The van der Waals surface area contributed by atoms with Gasteiger partial charge in [0.1, 0.15) is 17.4 Å². The summed E-state index contributed by atoms with van der Waals surface area (Å²) in [5, 5.41) is 5.83. The van der Waals surface area contributed by atoms with E-state index in [9.17, 15) is 8.42 Å². The Labute approximate surface area is 143 Å². The third-order valence-electron chi connectivity index (χ3n) is 3.49. The van der Waals surface area contributed by atoms with E-state index in [4.69, 9.17) is 4.74 Å². The molecule has 0 amide bonds. The van der Waals surface area contributed by atoms with Crippen molar-refractivity contribution in [3.05, 3.63) is 65.7 Å². The van der Waals surface area contributed by atoms with Crippen LogP contribution in [-0.4, -0.2) is 28.6 Å². The maximum Gasteiger partial charge on any atom is 0.221 e. The fraction of sp³-hybridized carbons (Fsp3) is 0.222. The van der Waals surface area contributed by atoms with E-state index < -0.39 is 9.84 Å². The summed E-state index contributed by atoms with van der Waals surface area (Å²) in [4.78, 5) is 0.203. The molecule has 0 radical (unpaired) electrons. The van der Waals surface area contributed by atoms with Crippen LogP contribution in [0.5, 0.6) is 5.75 Å². The zero-order valence-corrected chi connectivity index (χ0v) is 14.7. The molecule has 0 aliphatic carbocycles. The van der Waals surface area contributed by atoms with Crippen LogP contribution in [0.4, 0.5) is 5.69 Å². The normalized spacial score (nSPS) is 11.1. The van der Waals surface area contributed by atoms with Crippen molar-refractivity contribution in [1.82, 2.24) is 5.32 Å². The van der Waals surface area contributed by atoms with Gasteiger partial charge < -0.3 is 15.4 Å². The van der Waals surface area contributed by atoms with Gasteiger partial charge in [0.25, 0.3) is 0 Å². The highest BCUT2D eigenvalue weighted by molar-refractivity contribution is 7.95. The Balaban J connectivity index is 2.26. The van der Waals surface area contributed by atoms with Gasteiger partial charge in [-0.1, -0.05) is 36.9 Å². The summed E-state index contributed by atoms with van der Waals surface area (Å²) in [6, 6.07) is 13.8. The minimum atomic E-state index is -3.67. The zero-order chi connectivity index (χ0) is 17.6. The lowest BCUT2D eigenvalue weighted by molar-refractivity contribution is 0.320. The molecule has 6 heteroatoms. The molecule has 0 unspecified atom stereocenters. The van der Waals surface area contributed by atoms with E-state index in [1.165, 1.54) is 0 Å². The molecule has 0 fully saturated rings. The van der Waals surface area contributed by atoms with Crippen molar-refractivity contribution in [3.63, 3.8) is 0 Å². The summed E-state index contributed by atoms with van der Waals surface area (Å²) < 4.78 is 30.9. The van der Waals surface area contributed by atoms with Crippen LogP contribution in [-0.2, 0) is 9.84 Å². The number of benzene rings is 2. The number of likely N-dealkylation sites (N-methyl/N-ethyl adjacent to an activating group) is 1. The molecule has 24 heavy (non-hydrogen) atoms. The molecule has 5 nitrogen and oxygen atoms in total. The molecule has 0 atom stereocenters. The standard InChI is InChI=1S/C18H22N2O3S/c1-14-8-7-11-17(23-13-12-19-3)18(14)20-15(2)24(21,22)16-9-5-4-6-10-16/h4-11,19-20H,2,12-13H2,1,3H3. The Bertz CT molecular complexity index is 802. The second kappa shape index (κ2) is 7.99. The highest BCUT2D eigenvalue weighted by atomic mass is 32.2. The predicted molar refractivity (Wildman–Crippen MR) is 97.0 cm³/mol. The molecule has 0 aliphatic heterocycles. The number of hydrogen-bond acceptors (Lipinski definition) is 5. The lowest BCUT2D eigenvalue weighted by atomic mass is 10.2. The number of hydrogen-bond donors (Lipinski definition) is 2. The second-order valence-corrected chi connectivity index (χ2v) is 7.24. The first-order valence-corrected chi connectivity index (χ1v) is 9.08. The molecule has 0 aromatic heterocycles. The molecule has 2 rings (SSSR count). The van der Waals surface area contributed by atoms with Crippen molar-refractivity contribution in [3.8, 4) is 5.75 Å². The number of rotatable bonds is 8. The summed E-state index contributed by atoms with van der Waals surface area (Å²) in [6.07, 6.45) is 0. The first-order valence-electron chi connectivity index (χ1n) is 7.60. The van der Waals surface area contributed by atoms with Crippen molar-refractivity contribution in [2.45, 2.75) is 11.8 Å². The summed E-state index contributed by atoms with van der Waals surface area (Å²) in [5.74, 6) is 0.592. The lowest BCUT2D eigenvalue weighted by Crippen LogP contribution is -2.17. The molecule has 2 N–H and O–H groups in total. The average molecular weight is 346 g/mol. The minimum absolute atomic E-state index is 0.0820. The van der Waals surface area contributed by atoms with Crippen molar-refractivity contribution >= 4 is 15.5 Å². The number of nitrogens with one attached hydrogen (secondary N) is 2. The van der Waals surface area contributed by atoms with Crippen molar-refractivity contribution in [2.75, 3.05) is 25.5 Å². The SMILES string of the molecule is C=C(Nc1c(C)cccc1OCCNC)S(=O)(=O)c1ccccc1. The maximum absolute atomic E-state index is 12.6. The molecule has 0 bridgehead atoms. The third-order valence-corrected chi connectivity index (χ3v) is 5.13. The Kier molecular flexibility index (Phi) is 6.00. The van der Waals surface area contributed by atoms with Crippen LogP contribution < -0.4 is 15.4 Å². The molecular weight excluding hydrogens is 324 g/mol. The summed E-state index contributed by atoms with van der Waals surface area (Å²) in [7, 11) is -1.83. The monoisotopic (exact) mass is 346 g/mol. The van der Waals surface area contributed by atoms with Crippen molar-refractivity contribution in [1.29, 1.82) is 0 Å². The Morgan fingerprint density at radius 2 is 1.83 bits per heavy atom. The largest absolute Gasteiger partial charge is 0.490 e. The molecule has 0 aliphatic rings. The molecule has 128 valence electrons. The average Bonchev–Trinajstić information content (AvgIpc) is 2.58. The molecule has 0 spiro atoms. The highest BCUT2D eigenvalue weighted by Gasteiger charge is 2.20. The predicted octanol–water partition coefficient (Wildman–Crippen LogP) is 2.95. The zero-order valence-electron chi connectivity index (χ0n) is 13.9. The van der Waals surface area contributed by atoms with Crippen LogP contribution in [0.3, 0.4) is 0 Å². The van der Waals surface area contributed by atoms with E-state index in [-0.39, 0.29) is 9.92 Å². The van der Waals surface area contributed by atoms with Gasteiger partial charge in [-0.3, -0.25) is 0 Å². The van der Waals surface area contributed by atoms with Crippen LogP contribution in [0, 0.1) is 6.92 Å². The van der Waals surface area contributed by atoms with Gasteiger partial charge in [0.05, 0.1) is 10.6 Å². The number of sulfone groups is 1. The Hall–Kier alpha value is -2.31. The molecule has 2 aromatic carbocycles. The molecule has 0 saturated heterocycles. The van der Waals surface area contributed by atoms with Crippen molar-refractivity contribution in [2.24, 2.45) is 0 Å². The smallest absolute Gasteiger partial charge is 0.221 e. The molecule has 2 aromatic rings. The van der Waals surface area contributed by atoms with E-state index in [0.717, 1.165) is 5.56 Å². The third kappa shape index (κ3) is 4.15. The van der Waals surface area contributed by atoms with Crippen LogP contribution in [0.1, 0.15) is 5.56 Å². The fourth-order valence-corrected chi connectivity index (χ4v) is 3.17. The number of anilines is 1. The van der Waals surface area contributed by atoms with E-state index in [0.29, 0.717) is 24.6 Å². The first-order chi connectivity index (χ1) is 11.5. The van der Waals surface area contributed by atoms with Crippen molar-refractivity contribution < 1.29 is 13.2 Å². The number of ether oxygens (including phenoxy) is 1. The van der Waals surface area contributed by atoms with Gasteiger partial charge in [0, 0.05) is 6.54 Å². The van der Waals surface area contributed by atoms with Crippen LogP contribution in [0.25, 0.3) is 0 Å². The van der Waals surface area contributed by atoms with E-state index in [1.54, 1.807) is 36.4 Å². The second-order valence-electron chi connectivity index (χ2n) is 5.26. The van der Waals surface area contributed by atoms with Crippen LogP contribution in [0.2, 0.25) is 0 Å². The minimum Gasteiger partial charge on any atom is -0.490 e. The summed E-state index contributed by atoms with van der Waals surface area (Å²) in [5.41, 5.74) is 1.49. The van der Waals surface area contributed by atoms with Gasteiger partial charge in [0.15, 0.2) is 0 Å². The molecule has 0 saturated carbocycles. The van der Waals surface area contributed by atoms with Gasteiger partial charge in [-0.25, -0.2) is 8.42 Å². The van der Waals surface area contributed by atoms with E-state index >= 15 is 0 Å². The summed E-state index contributed by atoms with van der Waals surface area (Å²) in [6.45, 7) is 6.76. The van der Waals surface area contributed by atoms with Crippen LogP contribution >= 0.6 is 0 Å². The Morgan fingerprint density at radius 3 is 2.50 bits per heavy atom. The van der Waals surface area contributed by atoms with E-state index in [1.807, 2.05) is 26.1 Å². The topological polar surface area (TPSA) is 67.4 Å². The highest BCUT2D eigenvalue weighted by Crippen LogP contribution is 2.31. The number of para-hydroxylation sites is 1.